The lowest BCUT2D eigenvalue weighted by Gasteiger charge is -2.30. The predicted octanol–water partition coefficient (Wildman–Crippen LogP) is 2.74. The van der Waals surface area contributed by atoms with Gasteiger partial charge in [-0.1, -0.05) is 24.3 Å². The number of fused-ring (bicyclic) bond motifs is 1. The molecule has 0 saturated heterocycles. The van der Waals surface area contributed by atoms with Crippen LogP contribution in [0, 0.1) is 0 Å². The molecule has 3 rings (SSSR count). The molecule has 2 N–H and O–H groups in total. The van der Waals surface area contributed by atoms with E-state index in [9.17, 15) is 0 Å². The fourth-order valence-electron chi connectivity index (χ4n) is 3.03. The second-order valence-electron chi connectivity index (χ2n) is 4.97. The van der Waals surface area contributed by atoms with Crippen molar-refractivity contribution in [2.45, 2.75) is 37.6 Å². The zero-order valence-corrected chi connectivity index (χ0v) is 10.1. The Labute approximate surface area is 102 Å². The summed E-state index contributed by atoms with van der Waals surface area (Å²) in [4.78, 5) is 0. The number of benzene rings is 1. The first kappa shape index (κ1) is 10.8. The van der Waals surface area contributed by atoms with Crippen LogP contribution >= 0.6 is 0 Å². The normalized spacial score (nSPS) is 24.8. The number of nitrogens with two attached hydrogens (primary N) is 1. The fraction of sp³-hybridized carbons (Fsp3) is 0.467. The lowest BCUT2D eigenvalue weighted by molar-refractivity contribution is 0.214. The monoisotopic (exact) mass is 229 g/mol. The molecule has 1 heterocycles. The van der Waals surface area contributed by atoms with E-state index in [4.69, 9.17) is 10.5 Å². The fourth-order valence-corrected chi connectivity index (χ4v) is 3.03. The van der Waals surface area contributed by atoms with Crippen LogP contribution in [0.2, 0.25) is 0 Å². The van der Waals surface area contributed by atoms with Gasteiger partial charge in [0.25, 0.3) is 0 Å². The summed E-state index contributed by atoms with van der Waals surface area (Å²) in [5, 5.41) is 0. The Balaban J connectivity index is 1.89. The highest BCUT2D eigenvalue weighted by Crippen LogP contribution is 2.36. The van der Waals surface area contributed by atoms with Crippen LogP contribution in [0.15, 0.2) is 36.1 Å². The van der Waals surface area contributed by atoms with Gasteiger partial charge in [-0.2, -0.15) is 0 Å². The lowest BCUT2D eigenvalue weighted by Crippen LogP contribution is -2.33. The summed E-state index contributed by atoms with van der Waals surface area (Å²) in [5.41, 5.74) is 9.28. The van der Waals surface area contributed by atoms with Gasteiger partial charge in [0.2, 0.25) is 0 Å². The Kier molecular flexibility index (Phi) is 2.89. The molecule has 0 saturated carbocycles. The second-order valence-corrected chi connectivity index (χ2v) is 4.97. The van der Waals surface area contributed by atoms with E-state index in [1.165, 1.54) is 30.4 Å². The van der Waals surface area contributed by atoms with Crippen molar-refractivity contribution in [3.05, 3.63) is 47.2 Å². The van der Waals surface area contributed by atoms with Crippen LogP contribution in [0.3, 0.4) is 0 Å². The molecule has 2 heteroatoms. The first-order chi connectivity index (χ1) is 8.36. The molecule has 0 fully saturated rings. The highest BCUT2D eigenvalue weighted by molar-refractivity contribution is 5.35. The smallest absolute Gasteiger partial charge is 0.109 e. The summed E-state index contributed by atoms with van der Waals surface area (Å²) in [5.74, 6) is 1.44. The number of hydrogen-bond acceptors (Lipinski definition) is 2. The molecule has 2 atom stereocenters. The third-order valence-electron chi connectivity index (χ3n) is 3.91. The van der Waals surface area contributed by atoms with Crippen molar-refractivity contribution in [2.75, 3.05) is 6.61 Å². The van der Waals surface area contributed by atoms with Crippen molar-refractivity contribution in [3.63, 3.8) is 0 Å². The molecule has 2 nitrogen and oxygen atoms in total. The Morgan fingerprint density at radius 1 is 1.29 bits per heavy atom. The van der Waals surface area contributed by atoms with Crippen LogP contribution < -0.4 is 5.73 Å². The molecule has 0 bridgehead atoms. The van der Waals surface area contributed by atoms with Gasteiger partial charge in [-0.25, -0.2) is 0 Å². The molecule has 2 unspecified atom stereocenters. The minimum absolute atomic E-state index is 0.0407. The van der Waals surface area contributed by atoms with E-state index >= 15 is 0 Å². The van der Waals surface area contributed by atoms with E-state index in [0.29, 0.717) is 5.92 Å². The molecule has 0 spiro atoms. The van der Waals surface area contributed by atoms with Gasteiger partial charge < -0.3 is 10.5 Å². The lowest BCUT2D eigenvalue weighted by atomic mass is 9.78. The van der Waals surface area contributed by atoms with Gasteiger partial charge in [0.05, 0.1) is 12.6 Å². The van der Waals surface area contributed by atoms with Crippen LogP contribution in [0.4, 0.5) is 0 Å². The van der Waals surface area contributed by atoms with E-state index in [2.05, 4.69) is 30.3 Å². The highest BCUT2D eigenvalue weighted by atomic mass is 16.5. The average Bonchev–Trinajstić information content (AvgIpc) is 2.91. The minimum Gasteiger partial charge on any atom is -0.496 e. The minimum atomic E-state index is 0.0407. The van der Waals surface area contributed by atoms with Gasteiger partial charge >= 0.3 is 0 Å². The summed E-state index contributed by atoms with van der Waals surface area (Å²) < 4.78 is 5.62. The van der Waals surface area contributed by atoms with Gasteiger partial charge in [-0.15, -0.1) is 0 Å². The van der Waals surface area contributed by atoms with Crippen LogP contribution in [0.1, 0.15) is 36.3 Å². The van der Waals surface area contributed by atoms with E-state index in [1.807, 2.05) is 0 Å². The van der Waals surface area contributed by atoms with Crippen molar-refractivity contribution in [1.29, 1.82) is 0 Å². The molecule has 0 amide bonds. The van der Waals surface area contributed by atoms with E-state index in [-0.39, 0.29) is 6.04 Å². The highest BCUT2D eigenvalue weighted by Gasteiger charge is 2.29. The van der Waals surface area contributed by atoms with Gasteiger partial charge in [-0.05, 0) is 36.5 Å². The molecular formula is C15H19NO. The second kappa shape index (κ2) is 4.53. The van der Waals surface area contributed by atoms with Crippen LogP contribution in [0.25, 0.3) is 0 Å². The van der Waals surface area contributed by atoms with Gasteiger partial charge in [-0.3, -0.25) is 0 Å². The van der Waals surface area contributed by atoms with Crippen LogP contribution in [0.5, 0.6) is 0 Å². The van der Waals surface area contributed by atoms with Gasteiger partial charge in [0.1, 0.15) is 5.76 Å². The zero-order chi connectivity index (χ0) is 11.7. The molecule has 2 aliphatic rings. The quantitative estimate of drug-likeness (QED) is 0.846. The molecule has 0 aromatic heterocycles. The Morgan fingerprint density at radius 3 is 3.00 bits per heavy atom. The van der Waals surface area contributed by atoms with Crippen LogP contribution in [-0.2, 0) is 11.2 Å². The summed E-state index contributed by atoms with van der Waals surface area (Å²) in [6.45, 7) is 0.803. The maximum atomic E-state index is 6.38. The van der Waals surface area contributed by atoms with Crippen molar-refractivity contribution < 1.29 is 4.74 Å². The van der Waals surface area contributed by atoms with Crippen molar-refractivity contribution in [3.8, 4) is 0 Å². The summed E-state index contributed by atoms with van der Waals surface area (Å²) in [6, 6.07) is 8.75. The van der Waals surface area contributed by atoms with Gasteiger partial charge in [0, 0.05) is 12.3 Å². The third-order valence-corrected chi connectivity index (χ3v) is 3.91. The Morgan fingerprint density at radius 2 is 2.18 bits per heavy atom. The summed E-state index contributed by atoms with van der Waals surface area (Å²) in [6.07, 6.45) is 6.78. The molecule has 0 radical (unpaired) electrons. The maximum absolute atomic E-state index is 6.38. The first-order valence-electron chi connectivity index (χ1n) is 6.52. The predicted molar refractivity (Wildman–Crippen MR) is 68.7 cm³/mol. The summed E-state index contributed by atoms with van der Waals surface area (Å²) in [7, 11) is 0. The van der Waals surface area contributed by atoms with Crippen molar-refractivity contribution in [2.24, 2.45) is 5.73 Å². The standard InChI is InChI=1S/C15H19NO/c16-15(14-9-4-10-17-14)13-8-3-6-11-5-1-2-7-12(11)13/h1-2,5,7,9,13,15H,3-4,6,8,10,16H2. The third kappa shape index (κ3) is 1.98. The largest absolute Gasteiger partial charge is 0.496 e. The van der Waals surface area contributed by atoms with Gasteiger partial charge in [0.15, 0.2) is 0 Å². The van der Waals surface area contributed by atoms with Crippen LogP contribution in [-0.4, -0.2) is 12.6 Å². The maximum Gasteiger partial charge on any atom is 0.109 e. The number of hydrogen-bond donors (Lipinski definition) is 1. The Bertz CT molecular complexity index is 438. The molecular weight excluding hydrogens is 210 g/mol. The van der Waals surface area contributed by atoms with E-state index in [1.54, 1.807) is 0 Å². The molecule has 1 aliphatic carbocycles. The number of aryl methyl sites for hydroxylation is 1. The molecule has 90 valence electrons. The average molecular weight is 229 g/mol. The topological polar surface area (TPSA) is 35.2 Å². The first-order valence-corrected chi connectivity index (χ1v) is 6.52. The van der Waals surface area contributed by atoms with E-state index in [0.717, 1.165) is 18.8 Å². The molecule has 1 aliphatic heterocycles. The number of rotatable bonds is 2. The van der Waals surface area contributed by atoms with Crippen molar-refractivity contribution >= 4 is 0 Å². The molecule has 17 heavy (non-hydrogen) atoms. The van der Waals surface area contributed by atoms with Crippen molar-refractivity contribution in [1.82, 2.24) is 0 Å². The van der Waals surface area contributed by atoms with E-state index < -0.39 is 0 Å². The molecule has 1 aromatic rings. The summed E-state index contributed by atoms with van der Waals surface area (Å²) >= 11 is 0. The number of ether oxygens (including phenoxy) is 1. The zero-order valence-electron chi connectivity index (χ0n) is 10.1. The Hall–Kier alpha value is -1.28. The SMILES string of the molecule is NC(C1=CCCO1)C1CCCc2ccccc21. The molecule has 1 aromatic carbocycles.